The highest BCUT2D eigenvalue weighted by atomic mass is 127. The Balaban J connectivity index is 0.00000261. The van der Waals surface area contributed by atoms with Gasteiger partial charge in [-0.25, -0.2) is 4.57 Å². The molecular formula is C22H23IN2O2. The topological polar surface area (TPSA) is 53.2 Å². The zero-order valence-corrected chi connectivity index (χ0v) is 17.3. The van der Waals surface area contributed by atoms with Gasteiger partial charge in [0.2, 0.25) is 0 Å². The summed E-state index contributed by atoms with van der Waals surface area (Å²) in [6.07, 6.45) is 3.95. The number of halogens is 1. The quantitative estimate of drug-likeness (QED) is 0.376. The van der Waals surface area contributed by atoms with Crippen LogP contribution in [0.2, 0.25) is 0 Å². The maximum Gasteiger partial charge on any atom is 0.261 e. The Morgan fingerprint density at radius 2 is 1.41 bits per heavy atom. The molecule has 3 rings (SSSR count). The average molecular weight is 474 g/mol. The van der Waals surface area contributed by atoms with Gasteiger partial charge >= 0.3 is 0 Å². The summed E-state index contributed by atoms with van der Waals surface area (Å²) >= 11 is 0. The van der Waals surface area contributed by atoms with Crippen molar-refractivity contribution < 1.29 is 38.4 Å². The predicted molar refractivity (Wildman–Crippen MR) is 100 cm³/mol. The molecule has 0 fully saturated rings. The van der Waals surface area contributed by atoms with Crippen LogP contribution in [0.1, 0.15) is 23.6 Å². The molecule has 2 aromatic carbocycles. The summed E-state index contributed by atoms with van der Waals surface area (Å²) in [5.41, 5.74) is 0.327. The number of pyridine rings is 1. The van der Waals surface area contributed by atoms with Gasteiger partial charge in [0, 0.05) is 18.7 Å². The summed E-state index contributed by atoms with van der Waals surface area (Å²) in [6, 6.07) is 22.0. The molecule has 4 nitrogen and oxygen atoms in total. The van der Waals surface area contributed by atoms with Crippen molar-refractivity contribution in [2.45, 2.75) is 25.6 Å². The van der Waals surface area contributed by atoms with E-state index in [1.807, 2.05) is 60.9 Å². The molecule has 0 bridgehead atoms. The van der Waals surface area contributed by atoms with Crippen molar-refractivity contribution in [2.75, 3.05) is 0 Å². The van der Waals surface area contributed by atoms with E-state index >= 15 is 0 Å². The summed E-state index contributed by atoms with van der Waals surface area (Å²) < 4.78 is 2.05. The summed E-state index contributed by atoms with van der Waals surface area (Å²) in [4.78, 5) is 13.0. The van der Waals surface area contributed by atoms with Crippen LogP contribution in [-0.4, -0.2) is 11.0 Å². The van der Waals surface area contributed by atoms with Gasteiger partial charge in [0.05, 0.1) is 0 Å². The average Bonchev–Trinajstić information content (AvgIpc) is 2.73. The fourth-order valence-corrected chi connectivity index (χ4v) is 2.91. The minimum Gasteiger partial charge on any atom is -1.00 e. The lowest BCUT2D eigenvalue weighted by molar-refractivity contribution is -0.693. The van der Waals surface area contributed by atoms with Gasteiger partial charge in [0.25, 0.3) is 5.91 Å². The second kappa shape index (κ2) is 9.62. The highest BCUT2D eigenvalue weighted by molar-refractivity contribution is 5.90. The maximum absolute atomic E-state index is 13.0. The number of amides is 1. The zero-order chi connectivity index (χ0) is 18.4. The van der Waals surface area contributed by atoms with Crippen LogP contribution in [0.25, 0.3) is 0 Å². The van der Waals surface area contributed by atoms with E-state index in [0.29, 0.717) is 17.7 Å². The Morgan fingerprint density at radius 1 is 0.926 bits per heavy atom. The van der Waals surface area contributed by atoms with Crippen LogP contribution in [-0.2, 0) is 23.5 Å². The Morgan fingerprint density at radius 3 is 1.85 bits per heavy atom. The number of hydrogen-bond donors (Lipinski definition) is 2. The lowest BCUT2D eigenvalue weighted by atomic mass is 9.85. The first kappa shape index (κ1) is 21.1. The SMILES string of the molecule is CC[n+]1ccc(CNC(=O)C(O)(c2ccccc2)c2ccccc2)cc1.[I-]. The lowest BCUT2D eigenvalue weighted by Crippen LogP contribution is -3.00. The summed E-state index contributed by atoms with van der Waals surface area (Å²) in [5, 5.41) is 14.2. The summed E-state index contributed by atoms with van der Waals surface area (Å²) in [6.45, 7) is 3.32. The molecule has 5 heteroatoms. The monoisotopic (exact) mass is 474 g/mol. The molecule has 0 aliphatic carbocycles. The first-order chi connectivity index (χ1) is 12.6. The van der Waals surface area contributed by atoms with E-state index in [0.717, 1.165) is 12.1 Å². The van der Waals surface area contributed by atoms with E-state index < -0.39 is 11.5 Å². The molecule has 0 saturated carbocycles. The number of benzene rings is 2. The molecule has 0 atom stereocenters. The number of aromatic nitrogens is 1. The third-order valence-corrected chi connectivity index (χ3v) is 4.49. The molecular weight excluding hydrogens is 451 g/mol. The molecule has 0 saturated heterocycles. The van der Waals surface area contributed by atoms with Crippen LogP contribution in [0.5, 0.6) is 0 Å². The molecule has 1 aromatic heterocycles. The fourth-order valence-electron chi connectivity index (χ4n) is 2.91. The summed E-state index contributed by atoms with van der Waals surface area (Å²) in [5.74, 6) is -0.442. The Kier molecular flexibility index (Phi) is 7.50. The van der Waals surface area contributed by atoms with E-state index in [2.05, 4.69) is 16.8 Å². The van der Waals surface area contributed by atoms with Gasteiger partial charge in [-0.3, -0.25) is 4.79 Å². The summed E-state index contributed by atoms with van der Waals surface area (Å²) in [7, 11) is 0. The van der Waals surface area contributed by atoms with Crippen molar-refractivity contribution in [2.24, 2.45) is 0 Å². The van der Waals surface area contributed by atoms with Gasteiger partial charge in [-0.1, -0.05) is 60.7 Å². The third-order valence-electron chi connectivity index (χ3n) is 4.49. The van der Waals surface area contributed by atoms with Crippen molar-refractivity contribution in [3.05, 3.63) is 102 Å². The molecule has 0 radical (unpaired) electrons. The van der Waals surface area contributed by atoms with Crippen molar-refractivity contribution in [3.63, 3.8) is 0 Å². The second-order valence-electron chi connectivity index (χ2n) is 6.16. The Bertz CT molecular complexity index is 813. The van der Waals surface area contributed by atoms with Crippen LogP contribution in [0, 0.1) is 0 Å². The number of aliphatic hydroxyl groups is 1. The lowest BCUT2D eigenvalue weighted by Gasteiger charge is -2.28. The number of hydrogen-bond acceptors (Lipinski definition) is 2. The van der Waals surface area contributed by atoms with Crippen molar-refractivity contribution >= 4 is 5.91 Å². The second-order valence-corrected chi connectivity index (χ2v) is 6.16. The molecule has 140 valence electrons. The van der Waals surface area contributed by atoms with Crippen LogP contribution >= 0.6 is 0 Å². The number of carbonyl (C=O) groups is 1. The molecule has 1 amide bonds. The van der Waals surface area contributed by atoms with Crippen molar-refractivity contribution in [1.82, 2.24) is 5.32 Å². The fraction of sp³-hybridized carbons (Fsp3) is 0.182. The standard InChI is InChI=1S/C22H22N2O2.HI/c1-2-24-15-13-18(14-16-24)17-23-21(25)22(26,19-9-5-3-6-10-19)20-11-7-4-8-12-20;/h3-16,26H,2,17H2,1H3;1H. The largest absolute Gasteiger partial charge is 1.00 e. The molecule has 0 unspecified atom stereocenters. The van der Waals surface area contributed by atoms with Gasteiger partial charge in [-0.05, 0) is 23.6 Å². The van der Waals surface area contributed by atoms with Crippen molar-refractivity contribution in [3.8, 4) is 0 Å². The number of nitrogens with one attached hydrogen (secondary N) is 1. The number of rotatable bonds is 6. The van der Waals surface area contributed by atoms with Crippen LogP contribution in [0.15, 0.2) is 85.2 Å². The zero-order valence-electron chi connectivity index (χ0n) is 15.2. The van der Waals surface area contributed by atoms with Crippen molar-refractivity contribution in [1.29, 1.82) is 0 Å². The van der Waals surface area contributed by atoms with E-state index in [1.165, 1.54) is 0 Å². The molecule has 0 aliphatic heterocycles. The number of carbonyl (C=O) groups excluding carboxylic acids is 1. The molecule has 0 aliphatic rings. The van der Waals surface area contributed by atoms with Gasteiger partial charge < -0.3 is 34.4 Å². The first-order valence-corrected chi connectivity index (χ1v) is 8.74. The molecule has 0 spiro atoms. The van der Waals surface area contributed by atoms with E-state index in [9.17, 15) is 9.90 Å². The molecule has 2 N–H and O–H groups in total. The van der Waals surface area contributed by atoms with Gasteiger partial charge in [0.1, 0.15) is 6.54 Å². The van der Waals surface area contributed by atoms with E-state index in [1.54, 1.807) is 24.3 Å². The number of aryl methyl sites for hydroxylation is 1. The Labute approximate surface area is 176 Å². The van der Waals surface area contributed by atoms with Crippen LogP contribution < -0.4 is 33.9 Å². The first-order valence-electron chi connectivity index (χ1n) is 8.74. The van der Waals surface area contributed by atoms with E-state index in [4.69, 9.17) is 0 Å². The highest BCUT2D eigenvalue weighted by Crippen LogP contribution is 2.29. The third kappa shape index (κ3) is 4.73. The predicted octanol–water partition coefficient (Wildman–Crippen LogP) is -0.450. The Hall–Kier alpha value is -2.25. The molecule has 27 heavy (non-hydrogen) atoms. The van der Waals surface area contributed by atoms with E-state index in [-0.39, 0.29) is 24.0 Å². The van der Waals surface area contributed by atoms with Gasteiger partial charge in [-0.2, -0.15) is 0 Å². The minimum absolute atomic E-state index is 0. The van der Waals surface area contributed by atoms with Gasteiger partial charge in [0.15, 0.2) is 18.0 Å². The number of nitrogens with zero attached hydrogens (tertiary/aromatic N) is 1. The van der Waals surface area contributed by atoms with Gasteiger partial charge in [-0.15, -0.1) is 0 Å². The normalized spacial score (nSPS) is 10.7. The molecule has 3 aromatic rings. The van der Waals surface area contributed by atoms with Crippen LogP contribution in [0.3, 0.4) is 0 Å². The maximum atomic E-state index is 13.0. The minimum atomic E-state index is -1.74. The highest BCUT2D eigenvalue weighted by Gasteiger charge is 2.39. The van der Waals surface area contributed by atoms with Crippen LogP contribution in [0.4, 0.5) is 0 Å². The smallest absolute Gasteiger partial charge is 0.261 e. The molecule has 1 heterocycles.